The van der Waals surface area contributed by atoms with Gasteiger partial charge in [-0.3, -0.25) is 0 Å². The topological polar surface area (TPSA) is 29.5 Å². The average molecular weight is 194 g/mol. The molecule has 0 radical (unpaired) electrons. The van der Waals surface area contributed by atoms with Gasteiger partial charge in [0.1, 0.15) is 5.75 Å². The van der Waals surface area contributed by atoms with Crippen LogP contribution in [0.25, 0.3) is 0 Å². The zero-order valence-corrected chi connectivity index (χ0v) is 8.86. The third-order valence-electron chi connectivity index (χ3n) is 2.18. The van der Waals surface area contributed by atoms with Crippen LogP contribution in [0.2, 0.25) is 0 Å². The Bertz CT molecular complexity index is 271. The summed E-state index contributed by atoms with van der Waals surface area (Å²) in [6.45, 7) is 4.59. The van der Waals surface area contributed by atoms with Crippen molar-refractivity contribution in [3.63, 3.8) is 0 Å². The Balaban J connectivity index is 2.31. The van der Waals surface area contributed by atoms with Gasteiger partial charge in [0, 0.05) is 6.42 Å². The molecule has 1 aromatic rings. The smallest absolute Gasteiger partial charge is 0.119 e. The van der Waals surface area contributed by atoms with E-state index in [1.165, 1.54) is 5.56 Å². The van der Waals surface area contributed by atoms with Crippen molar-refractivity contribution in [3.8, 4) is 5.75 Å². The van der Waals surface area contributed by atoms with Crippen LogP contribution in [0.5, 0.6) is 5.75 Å². The lowest BCUT2D eigenvalue weighted by atomic mass is 10.2. The third-order valence-corrected chi connectivity index (χ3v) is 2.18. The van der Waals surface area contributed by atoms with Crippen molar-refractivity contribution in [1.82, 2.24) is 0 Å². The van der Waals surface area contributed by atoms with E-state index in [9.17, 15) is 5.11 Å². The first-order chi connectivity index (χ1) is 6.72. The molecule has 0 bridgehead atoms. The summed E-state index contributed by atoms with van der Waals surface area (Å²) < 4.78 is 5.50. The normalized spacial score (nSPS) is 12.5. The van der Waals surface area contributed by atoms with Gasteiger partial charge in [0.05, 0.1) is 12.7 Å². The van der Waals surface area contributed by atoms with Crippen molar-refractivity contribution >= 4 is 0 Å². The number of ether oxygens (including phenoxy) is 1. The standard InChI is InChI=1S/C12H18O2/c1-3-11(13)7-8-14-12-6-4-5-10(2)9-12/h4-6,9,11,13H,3,7-8H2,1-2H3. The van der Waals surface area contributed by atoms with Crippen LogP contribution in [0.1, 0.15) is 25.3 Å². The monoisotopic (exact) mass is 194 g/mol. The predicted octanol–water partition coefficient (Wildman–Crippen LogP) is 2.53. The first kappa shape index (κ1) is 11.1. The molecule has 2 nitrogen and oxygen atoms in total. The minimum atomic E-state index is -0.236. The van der Waals surface area contributed by atoms with Gasteiger partial charge < -0.3 is 9.84 Å². The van der Waals surface area contributed by atoms with E-state index >= 15 is 0 Å². The van der Waals surface area contributed by atoms with Crippen molar-refractivity contribution < 1.29 is 9.84 Å². The maximum Gasteiger partial charge on any atom is 0.119 e. The van der Waals surface area contributed by atoms with Crippen LogP contribution in [-0.2, 0) is 0 Å². The molecule has 0 saturated heterocycles. The van der Waals surface area contributed by atoms with Crippen LogP contribution in [0, 0.1) is 6.92 Å². The Kier molecular flexibility index (Phi) is 4.47. The lowest BCUT2D eigenvalue weighted by Crippen LogP contribution is -2.10. The molecule has 0 aromatic heterocycles. The largest absolute Gasteiger partial charge is 0.493 e. The molecule has 0 amide bonds. The molecule has 2 heteroatoms. The van der Waals surface area contributed by atoms with E-state index in [1.54, 1.807) is 0 Å². The fraction of sp³-hybridized carbons (Fsp3) is 0.500. The Morgan fingerprint density at radius 1 is 1.43 bits per heavy atom. The van der Waals surface area contributed by atoms with E-state index in [4.69, 9.17) is 4.74 Å². The van der Waals surface area contributed by atoms with Gasteiger partial charge in [0.15, 0.2) is 0 Å². The summed E-state index contributed by atoms with van der Waals surface area (Å²) in [6, 6.07) is 7.94. The van der Waals surface area contributed by atoms with Gasteiger partial charge in [0.25, 0.3) is 0 Å². The van der Waals surface area contributed by atoms with Gasteiger partial charge in [-0.2, -0.15) is 0 Å². The highest BCUT2D eigenvalue weighted by Crippen LogP contribution is 2.12. The predicted molar refractivity (Wildman–Crippen MR) is 57.6 cm³/mol. The summed E-state index contributed by atoms with van der Waals surface area (Å²) >= 11 is 0. The molecule has 0 fully saturated rings. The van der Waals surface area contributed by atoms with Crippen molar-refractivity contribution in [2.75, 3.05) is 6.61 Å². The summed E-state index contributed by atoms with van der Waals surface area (Å²) in [5.74, 6) is 0.883. The summed E-state index contributed by atoms with van der Waals surface area (Å²) in [5, 5.41) is 9.31. The SMILES string of the molecule is CCC(O)CCOc1cccc(C)c1. The molecule has 78 valence electrons. The number of aliphatic hydroxyl groups excluding tert-OH is 1. The van der Waals surface area contributed by atoms with E-state index in [1.807, 2.05) is 38.1 Å². The minimum absolute atomic E-state index is 0.236. The Hall–Kier alpha value is -1.02. The first-order valence-electron chi connectivity index (χ1n) is 5.10. The quantitative estimate of drug-likeness (QED) is 0.780. The molecule has 0 heterocycles. The van der Waals surface area contributed by atoms with Crippen molar-refractivity contribution in [2.45, 2.75) is 32.8 Å². The van der Waals surface area contributed by atoms with E-state index in [0.29, 0.717) is 13.0 Å². The molecule has 0 spiro atoms. The van der Waals surface area contributed by atoms with Crippen molar-refractivity contribution in [1.29, 1.82) is 0 Å². The molecule has 1 aromatic carbocycles. The van der Waals surface area contributed by atoms with Crippen LogP contribution in [0.15, 0.2) is 24.3 Å². The Morgan fingerprint density at radius 3 is 2.86 bits per heavy atom. The van der Waals surface area contributed by atoms with Crippen LogP contribution in [-0.4, -0.2) is 17.8 Å². The zero-order valence-electron chi connectivity index (χ0n) is 8.86. The molecule has 0 aliphatic carbocycles. The molecule has 1 rings (SSSR count). The fourth-order valence-corrected chi connectivity index (χ4v) is 1.22. The highest BCUT2D eigenvalue weighted by Gasteiger charge is 2.00. The number of hydrogen-bond donors (Lipinski definition) is 1. The average Bonchev–Trinajstić information content (AvgIpc) is 2.17. The molecule has 0 aliphatic rings. The summed E-state index contributed by atoms with van der Waals surface area (Å²) in [6.07, 6.45) is 1.25. The second kappa shape index (κ2) is 5.66. The van der Waals surface area contributed by atoms with Crippen LogP contribution in [0.4, 0.5) is 0 Å². The summed E-state index contributed by atoms with van der Waals surface area (Å²) in [4.78, 5) is 0. The van der Waals surface area contributed by atoms with Crippen LogP contribution in [0.3, 0.4) is 0 Å². The van der Waals surface area contributed by atoms with Gasteiger partial charge in [0.2, 0.25) is 0 Å². The second-order valence-electron chi connectivity index (χ2n) is 3.52. The molecular formula is C12H18O2. The van der Waals surface area contributed by atoms with Crippen molar-refractivity contribution in [2.24, 2.45) is 0 Å². The maximum absolute atomic E-state index is 9.31. The van der Waals surface area contributed by atoms with Crippen molar-refractivity contribution in [3.05, 3.63) is 29.8 Å². The molecule has 0 aliphatic heterocycles. The number of hydrogen-bond acceptors (Lipinski definition) is 2. The van der Waals surface area contributed by atoms with Gasteiger partial charge in [-0.15, -0.1) is 0 Å². The van der Waals surface area contributed by atoms with E-state index in [-0.39, 0.29) is 6.10 Å². The van der Waals surface area contributed by atoms with E-state index in [2.05, 4.69) is 0 Å². The zero-order chi connectivity index (χ0) is 10.4. The highest BCUT2D eigenvalue weighted by molar-refractivity contribution is 5.27. The number of benzene rings is 1. The summed E-state index contributed by atoms with van der Waals surface area (Å²) in [5.41, 5.74) is 1.19. The van der Waals surface area contributed by atoms with Gasteiger partial charge in [-0.1, -0.05) is 19.1 Å². The molecule has 1 N–H and O–H groups in total. The van der Waals surface area contributed by atoms with Gasteiger partial charge in [-0.05, 0) is 31.0 Å². The highest BCUT2D eigenvalue weighted by atomic mass is 16.5. The Morgan fingerprint density at radius 2 is 2.21 bits per heavy atom. The molecule has 1 unspecified atom stereocenters. The maximum atomic E-state index is 9.31. The molecule has 0 saturated carbocycles. The summed E-state index contributed by atoms with van der Waals surface area (Å²) in [7, 11) is 0. The van der Waals surface area contributed by atoms with Gasteiger partial charge >= 0.3 is 0 Å². The van der Waals surface area contributed by atoms with Crippen LogP contribution < -0.4 is 4.74 Å². The van der Waals surface area contributed by atoms with E-state index in [0.717, 1.165) is 12.2 Å². The molecule has 14 heavy (non-hydrogen) atoms. The lowest BCUT2D eigenvalue weighted by molar-refractivity contribution is 0.135. The number of rotatable bonds is 5. The second-order valence-corrected chi connectivity index (χ2v) is 3.52. The number of aliphatic hydroxyl groups is 1. The third kappa shape index (κ3) is 3.79. The van der Waals surface area contributed by atoms with E-state index < -0.39 is 0 Å². The molecular weight excluding hydrogens is 176 g/mol. The Labute approximate surface area is 85.5 Å². The molecule has 1 atom stereocenters. The van der Waals surface area contributed by atoms with Gasteiger partial charge in [-0.25, -0.2) is 0 Å². The van der Waals surface area contributed by atoms with Crippen LogP contribution >= 0.6 is 0 Å². The first-order valence-corrected chi connectivity index (χ1v) is 5.10. The fourth-order valence-electron chi connectivity index (χ4n) is 1.22. The lowest BCUT2D eigenvalue weighted by Gasteiger charge is -2.09. The minimum Gasteiger partial charge on any atom is -0.493 e. The number of aryl methyl sites for hydroxylation is 1.